The van der Waals surface area contributed by atoms with Crippen LogP contribution in [0.2, 0.25) is 0 Å². The van der Waals surface area contributed by atoms with Crippen molar-refractivity contribution < 1.29 is 14.3 Å². The molecule has 7 nitrogen and oxygen atoms in total. The van der Waals surface area contributed by atoms with Crippen molar-refractivity contribution in [3.63, 3.8) is 0 Å². The predicted molar refractivity (Wildman–Crippen MR) is 118 cm³/mol. The van der Waals surface area contributed by atoms with Crippen LogP contribution in [0.25, 0.3) is 5.65 Å². The predicted octanol–water partition coefficient (Wildman–Crippen LogP) is 2.86. The number of carbonyl (C=O) groups excluding carboxylic acids is 2. The number of piperidine rings is 1. The van der Waals surface area contributed by atoms with E-state index in [1.807, 2.05) is 64.9 Å². The number of fused-ring (bicyclic) bond motifs is 1. The number of hydrogen-bond acceptors (Lipinski definition) is 4. The SMILES string of the molecule is COc1ccc(CC(=O)NCC2CCCN(C(=O)c3cn4c(C)cccc4n3)C2)cc1. The lowest BCUT2D eigenvalue weighted by Crippen LogP contribution is -2.44. The number of pyridine rings is 1. The summed E-state index contributed by atoms with van der Waals surface area (Å²) in [4.78, 5) is 31.7. The number of nitrogens with zero attached hydrogens (tertiary/aromatic N) is 3. The molecule has 0 radical (unpaired) electrons. The zero-order valence-corrected chi connectivity index (χ0v) is 18.0. The van der Waals surface area contributed by atoms with Crippen molar-refractivity contribution in [3.8, 4) is 5.75 Å². The van der Waals surface area contributed by atoms with Crippen molar-refractivity contribution in [2.45, 2.75) is 26.2 Å². The highest BCUT2D eigenvalue weighted by atomic mass is 16.5. The van der Waals surface area contributed by atoms with Crippen molar-refractivity contribution in [2.75, 3.05) is 26.7 Å². The van der Waals surface area contributed by atoms with E-state index in [4.69, 9.17) is 4.74 Å². The lowest BCUT2D eigenvalue weighted by atomic mass is 9.97. The van der Waals surface area contributed by atoms with E-state index in [1.165, 1.54) is 0 Å². The van der Waals surface area contributed by atoms with Crippen LogP contribution >= 0.6 is 0 Å². The lowest BCUT2D eigenvalue weighted by Gasteiger charge is -2.32. The van der Waals surface area contributed by atoms with Crippen molar-refractivity contribution in [1.29, 1.82) is 0 Å². The first-order valence-corrected chi connectivity index (χ1v) is 10.7. The van der Waals surface area contributed by atoms with E-state index in [0.717, 1.165) is 42.0 Å². The first-order chi connectivity index (χ1) is 15.0. The summed E-state index contributed by atoms with van der Waals surface area (Å²) >= 11 is 0. The summed E-state index contributed by atoms with van der Waals surface area (Å²) in [6.45, 7) is 3.92. The van der Waals surface area contributed by atoms with E-state index >= 15 is 0 Å². The largest absolute Gasteiger partial charge is 0.497 e. The van der Waals surface area contributed by atoms with Crippen LogP contribution in [0.1, 0.15) is 34.6 Å². The van der Waals surface area contributed by atoms with Gasteiger partial charge in [-0.05, 0) is 55.5 Å². The quantitative estimate of drug-likeness (QED) is 0.665. The number of amides is 2. The van der Waals surface area contributed by atoms with Gasteiger partial charge in [-0.3, -0.25) is 9.59 Å². The lowest BCUT2D eigenvalue weighted by molar-refractivity contribution is -0.120. The Balaban J connectivity index is 1.31. The third-order valence-corrected chi connectivity index (χ3v) is 5.83. The number of rotatable bonds is 6. The Morgan fingerprint density at radius 2 is 2.00 bits per heavy atom. The molecule has 3 aromatic rings. The number of hydrogen-bond donors (Lipinski definition) is 1. The number of benzene rings is 1. The number of aryl methyl sites for hydroxylation is 1. The fraction of sp³-hybridized carbons (Fsp3) is 0.375. The second-order valence-electron chi connectivity index (χ2n) is 8.11. The number of imidazole rings is 1. The van der Waals surface area contributed by atoms with Crippen molar-refractivity contribution in [3.05, 3.63) is 65.6 Å². The monoisotopic (exact) mass is 420 g/mol. The van der Waals surface area contributed by atoms with Gasteiger partial charge in [-0.15, -0.1) is 0 Å². The molecule has 31 heavy (non-hydrogen) atoms. The first-order valence-electron chi connectivity index (χ1n) is 10.7. The first kappa shape index (κ1) is 20.9. The Bertz CT molecular complexity index is 1070. The van der Waals surface area contributed by atoms with Crippen LogP contribution in [-0.4, -0.2) is 52.8 Å². The maximum Gasteiger partial charge on any atom is 0.274 e. The summed E-state index contributed by atoms with van der Waals surface area (Å²) < 4.78 is 7.09. The molecule has 1 N–H and O–H groups in total. The van der Waals surface area contributed by atoms with Gasteiger partial charge < -0.3 is 19.4 Å². The van der Waals surface area contributed by atoms with Crippen molar-refractivity contribution in [2.24, 2.45) is 5.92 Å². The summed E-state index contributed by atoms with van der Waals surface area (Å²) in [5.74, 6) is 0.968. The minimum Gasteiger partial charge on any atom is -0.497 e. The average molecular weight is 421 g/mol. The number of likely N-dealkylation sites (tertiary alicyclic amines) is 1. The minimum absolute atomic E-state index is 0.00978. The Labute approximate surface area is 182 Å². The molecule has 1 atom stereocenters. The summed E-state index contributed by atoms with van der Waals surface area (Å²) in [7, 11) is 1.62. The molecule has 1 unspecified atom stereocenters. The zero-order chi connectivity index (χ0) is 21.8. The molecule has 162 valence electrons. The van der Waals surface area contributed by atoms with E-state index in [-0.39, 0.29) is 17.7 Å². The van der Waals surface area contributed by atoms with Gasteiger partial charge in [-0.25, -0.2) is 4.98 Å². The Morgan fingerprint density at radius 1 is 1.19 bits per heavy atom. The highest BCUT2D eigenvalue weighted by molar-refractivity contribution is 5.93. The molecule has 0 bridgehead atoms. The minimum atomic E-state index is -0.0441. The van der Waals surface area contributed by atoms with Gasteiger partial charge in [0.1, 0.15) is 17.1 Å². The molecule has 2 amide bonds. The summed E-state index contributed by atoms with van der Waals surface area (Å²) in [6, 6.07) is 13.3. The zero-order valence-electron chi connectivity index (χ0n) is 18.0. The second kappa shape index (κ2) is 9.20. The molecule has 7 heteroatoms. The topological polar surface area (TPSA) is 75.9 Å². The maximum absolute atomic E-state index is 13.0. The van der Waals surface area contributed by atoms with Crippen LogP contribution in [0.4, 0.5) is 0 Å². The van der Waals surface area contributed by atoms with E-state index in [9.17, 15) is 9.59 Å². The number of aromatic nitrogens is 2. The van der Waals surface area contributed by atoms with E-state index in [2.05, 4.69) is 10.3 Å². The molecule has 1 saturated heterocycles. The fourth-order valence-corrected chi connectivity index (χ4v) is 4.08. The van der Waals surface area contributed by atoms with Gasteiger partial charge in [0, 0.05) is 31.5 Å². The summed E-state index contributed by atoms with van der Waals surface area (Å²) in [5, 5.41) is 3.03. The molecule has 1 fully saturated rings. The third-order valence-electron chi connectivity index (χ3n) is 5.83. The highest BCUT2D eigenvalue weighted by Crippen LogP contribution is 2.19. The van der Waals surface area contributed by atoms with Gasteiger partial charge >= 0.3 is 0 Å². The third kappa shape index (κ3) is 4.87. The van der Waals surface area contributed by atoms with Gasteiger partial charge in [0.25, 0.3) is 5.91 Å². The van der Waals surface area contributed by atoms with Gasteiger partial charge in [-0.2, -0.15) is 0 Å². The Morgan fingerprint density at radius 3 is 2.74 bits per heavy atom. The molecule has 4 rings (SSSR count). The smallest absolute Gasteiger partial charge is 0.274 e. The molecule has 2 aromatic heterocycles. The van der Waals surface area contributed by atoms with Gasteiger partial charge in [0.05, 0.1) is 13.5 Å². The average Bonchev–Trinajstić information content (AvgIpc) is 3.24. The van der Waals surface area contributed by atoms with Crippen LogP contribution in [0.5, 0.6) is 5.75 Å². The van der Waals surface area contributed by atoms with Crippen LogP contribution in [0.3, 0.4) is 0 Å². The van der Waals surface area contributed by atoms with Crippen LogP contribution in [0.15, 0.2) is 48.7 Å². The maximum atomic E-state index is 13.0. The fourth-order valence-electron chi connectivity index (χ4n) is 4.08. The molecule has 1 aliphatic heterocycles. The van der Waals surface area contributed by atoms with Gasteiger partial charge in [0.2, 0.25) is 5.91 Å². The molecule has 1 aliphatic rings. The normalized spacial score (nSPS) is 16.3. The summed E-state index contributed by atoms with van der Waals surface area (Å²) in [6.07, 6.45) is 4.07. The van der Waals surface area contributed by atoms with E-state index in [1.54, 1.807) is 7.11 Å². The second-order valence-corrected chi connectivity index (χ2v) is 8.11. The van der Waals surface area contributed by atoms with Gasteiger partial charge in [0.15, 0.2) is 0 Å². The van der Waals surface area contributed by atoms with Crippen molar-refractivity contribution >= 4 is 17.5 Å². The number of ether oxygens (including phenoxy) is 1. The van der Waals surface area contributed by atoms with Crippen LogP contribution in [0, 0.1) is 12.8 Å². The number of carbonyl (C=O) groups is 2. The van der Waals surface area contributed by atoms with E-state index in [0.29, 0.717) is 25.2 Å². The number of methoxy groups -OCH3 is 1. The van der Waals surface area contributed by atoms with E-state index < -0.39 is 0 Å². The summed E-state index contributed by atoms with van der Waals surface area (Å²) in [5.41, 5.74) is 3.24. The Hall–Kier alpha value is -3.35. The molecule has 3 heterocycles. The number of nitrogens with one attached hydrogen (secondary N) is 1. The standard InChI is InChI=1S/C24H28N4O3/c1-17-5-3-7-22-26-21(16-28(17)22)24(30)27-12-4-6-19(15-27)14-25-23(29)13-18-8-10-20(31-2)11-9-18/h3,5,7-11,16,19H,4,6,12-15H2,1-2H3,(H,25,29). The molecule has 0 saturated carbocycles. The molecule has 0 spiro atoms. The molecule has 0 aliphatic carbocycles. The highest BCUT2D eigenvalue weighted by Gasteiger charge is 2.26. The molecular formula is C24H28N4O3. The van der Waals surface area contributed by atoms with Crippen molar-refractivity contribution in [1.82, 2.24) is 19.6 Å². The molecular weight excluding hydrogens is 392 g/mol. The molecule has 1 aromatic carbocycles. The van der Waals surface area contributed by atoms with Gasteiger partial charge in [-0.1, -0.05) is 18.2 Å². The van der Waals surface area contributed by atoms with Crippen LogP contribution in [-0.2, 0) is 11.2 Å². The van der Waals surface area contributed by atoms with Crippen LogP contribution < -0.4 is 10.1 Å². The Kier molecular flexibility index (Phi) is 6.21.